The van der Waals surface area contributed by atoms with E-state index >= 15 is 0 Å². The van der Waals surface area contributed by atoms with Gasteiger partial charge in [-0.3, -0.25) is 9.36 Å². The maximum Gasteiger partial charge on any atom is 0.262 e. The van der Waals surface area contributed by atoms with E-state index in [0.717, 1.165) is 38.2 Å². The third-order valence-corrected chi connectivity index (χ3v) is 9.93. The van der Waals surface area contributed by atoms with Crippen LogP contribution in [0.4, 0.5) is 10.2 Å². The minimum absolute atomic E-state index is 0.0616. The van der Waals surface area contributed by atoms with Gasteiger partial charge in [0.15, 0.2) is 0 Å². The van der Waals surface area contributed by atoms with Crippen molar-refractivity contribution in [1.29, 1.82) is 0 Å². The van der Waals surface area contributed by atoms with Crippen molar-refractivity contribution in [2.45, 2.75) is 61.3 Å². The molecule has 198 valence electrons. The quantitative estimate of drug-likeness (QED) is 0.355. The Balaban J connectivity index is 1.17. The number of alkyl halides is 1. The Hall–Kier alpha value is -2.60. The summed E-state index contributed by atoms with van der Waals surface area (Å²) >= 11 is 9.65. The zero-order chi connectivity index (χ0) is 26.7. The third-order valence-electron chi connectivity index (χ3n) is 7.49. The molecule has 6 rings (SSSR count). The molecule has 8 nitrogen and oxygen atoms in total. The van der Waals surface area contributed by atoms with E-state index in [-0.39, 0.29) is 34.0 Å². The predicted octanol–water partition coefficient (Wildman–Crippen LogP) is 5.04. The number of nitrogens with zero attached hydrogens (tertiary/aromatic N) is 6. The Morgan fingerprint density at radius 3 is 2.68 bits per heavy atom. The van der Waals surface area contributed by atoms with Crippen molar-refractivity contribution in [2.75, 3.05) is 18.0 Å². The average molecular weight is 572 g/mol. The van der Waals surface area contributed by atoms with Gasteiger partial charge in [-0.05, 0) is 50.7 Å². The van der Waals surface area contributed by atoms with Crippen LogP contribution in [0.15, 0.2) is 51.1 Å². The fourth-order valence-electron chi connectivity index (χ4n) is 5.47. The van der Waals surface area contributed by atoms with Crippen molar-refractivity contribution in [3.05, 3.63) is 62.3 Å². The highest BCUT2D eigenvalue weighted by atomic mass is 35.5. The SMILES string of the molecule is CC(C)(F)Cn1cnc2ccc(Sc3cnc(N4CCC5(CC4)Cc4ncsc4[C@H]5N)cn3)c(Cl)c2c1=O. The normalized spacial score (nSPS) is 18.9. The molecule has 0 radical (unpaired) electrons. The van der Waals surface area contributed by atoms with E-state index in [1.807, 2.05) is 11.6 Å². The molecule has 4 heterocycles. The van der Waals surface area contributed by atoms with Gasteiger partial charge in [-0.2, -0.15) is 0 Å². The maximum absolute atomic E-state index is 14.2. The number of halogens is 2. The second-order valence-electron chi connectivity index (χ2n) is 10.7. The first-order valence-electron chi connectivity index (χ1n) is 12.4. The molecule has 0 saturated carbocycles. The Kier molecular flexibility index (Phi) is 6.45. The first-order valence-corrected chi connectivity index (χ1v) is 14.5. The molecule has 0 amide bonds. The standard InChI is InChI=1S/C26H27ClFN7OS2/c1-25(2,28)12-35-13-32-15-3-4-17(21(27)20(15)24(35)36)38-19-11-30-18(10-31-19)34-7-5-26(6-8-34)9-16-22(23(26)29)37-14-33-16/h3-4,10-11,13-14,23H,5-9,12,29H2,1-2H3/t23-/m1/s1. The number of hydrogen-bond donors (Lipinski definition) is 1. The van der Waals surface area contributed by atoms with Crippen LogP contribution in [0.1, 0.15) is 43.3 Å². The molecule has 1 saturated heterocycles. The van der Waals surface area contributed by atoms with E-state index < -0.39 is 5.67 Å². The van der Waals surface area contributed by atoms with Crippen molar-refractivity contribution in [1.82, 2.24) is 24.5 Å². The smallest absolute Gasteiger partial charge is 0.262 e. The number of anilines is 1. The highest BCUT2D eigenvalue weighted by Gasteiger charge is 2.47. The topological polar surface area (TPSA) is 103 Å². The van der Waals surface area contributed by atoms with Gasteiger partial charge >= 0.3 is 0 Å². The number of thiazole rings is 1. The zero-order valence-electron chi connectivity index (χ0n) is 21.0. The highest BCUT2D eigenvalue weighted by Crippen LogP contribution is 2.51. The van der Waals surface area contributed by atoms with Crippen LogP contribution in [0.25, 0.3) is 10.9 Å². The van der Waals surface area contributed by atoms with Gasteiger partial charge in [0.2, 0.25) is 0 Å². The van der Waals surface area contributed by atoms with Gasteiger partial charge < -0.3 is 10.6 Å². The molecule has 12 heteroatoms. The number of piperidine rings is 1. The number of rotatable bonds is 5. The second-order valence-corrected chi connectivity index (χ2v) is 13.0. The molecule has 0 bridgehead atoms. The summed E-state index contributed by atoms with van der Waals surface area (Å²) in [5.74, 6) is 0.828. The third kappa shape index (κ3) is 4.59. The van der Waals surface area contributed by atoms with Crippen molar-refractivity contribution in [3.63, 3.8) is 0 Å². The van der Waals surface area contributed by atoms with E-state index in [9.17, 15) is 9.18 Å². The van der Waals surface area contributed by atoms with Crippen LogP contribution in [0.2, 0.25) is 5.02 Å². The molecule has 4 aromatic rings. The molecule has 38 heavy (non-hydrogen) atoms. The predicted molar refractivity (Wildman–Crippen MR) is 149 cm³/mol. The van der Waals surface area contributed by atoms with Crippen LogP contribution in [0.5, 0.6) is 0 Å². The van der Waals surface area contributed by atoms with E-state index in [1.54, 1.807) is 29.8 Å². The molecular weight excluding hydrogens is 545 g/mol. The molecule has 1 atom stereocenters. The van der Waals surface area contributed by atoms with Crippen molar-refractivity contribution in [2.24, 2.45) is 11.1 Å². The lowest BCUT2D eigenvalue weighted by Crippen LogP contribution is -2.44. The first-order chi connectivity index (χ1) is 18.1. The molecule has 1 fully saturated rings. The van der Waals surface area contributed by atoms with E-state index in [4.69, 9.17) is 17.3 Å². The fourth-order valence-corrected chi connectivity index (χ4v) is 7.55. The van der Waals surface area contributed by atoms with E-state index in [2.05, 4.69) is 24.8 Å². The van der Waals surface area contributed by atoms with E-state index in [0.29, 0.717) is 15.4 Å². The van der Waals surface area contributed by atoms with Gasteiger partial charge in [0.1, 0.15) is 16.5 Å². The average Bonchev–Trinajstić information content (AvgIpc) is 3.43. The summed E-state index contributed by atoms with van der Waals surface area (Å²) in [5.41, 5.74) is 8.34. The van der Waals surface area contributed by atoms with Crippen molar-refractivity contribution >= 4 is 51.4 Å². The van der Waals surface area contributed by atoms with Crippen LogP contribution >= 0.6 is 34.7 Å². The summed E-state index contributed by atoms with van der Waals surface area (Å²) < 4.78 is 15.4. The second kappa shape index (κ2) is 9.55. The summed E-state index contributed by atoms with van der Waals surface area (Å²) in [4.78, 5) is 35.3. The molecule has 1 spiro atoms. The summed E-state index contributed by atoms with van der Waals surface area (Å²) in [5, 5.41) is 1.20. The zero-order valence-corrected chi connectivity index (χ0v) is 23.4. The minimum Gasteiger partial charge on any atom is -0.355 e. The van der Waals surface area contributed by atoms with Crippen molar-refractivity contribution in [3.8, 4) is 0 Å². The molecule has 1 aromatic carbocycles. The van der Waals surface area contributed by atoms with Crippen LogP contribution in [-0.4, -0.2) is 43.3 Å². The van der Waals surface area contributed by atoms with Crippen LogP contribution in [-0.2, 0) is 13.0 Å². The monoisotopic (exact) mass is 571 g/mol. The summed E-state index contributed by atoms with van der Waals surface area (Å²) in [7, 11) is 0. The Morgan fingerprint density at radius 2 is 2.00 bits per heavy atom. The van der Waals surface area contributed by atoms with E-state index in [1.165, 1.54) is 47.1 Å². The number of hydrogen-bond acceptors (Lipinski definition) is 9. The van der Waals surface area contributed by atoms with Crippen LogP contribution in [0.3, 0.4) is 0 Å². The first kappa shape index (κ1) is 25.7. The lowest BCUT2D eigenvalue weighted by molar-refractivity contribution is 0.184. The van der Waals surface area contributed by atoms with Crippen LogP contribution in [0, 0.1) is 5.41 Å². The molecule has 2 N–H and O–H groups in total. The maximum atomic E-state index is 14.2. The van der Waals surface area contributed by atoms with Gasteiger partial charge in [-0.1, -0.05) is 23.4 Å². The molecule has 1 aliphatic carbocycles. The van der Waals surface area contributed by atoms with Gasteiger partial charge in [0.25, 0.3) is 5.56 Å². The molecule has 1 aliphatic heterocycles. The van der Waals surface area contributed by atoms with Gasteiger partial charge in [-0.15, -0.1) is 11.3 Å². The van der Waals surface area contributed by atoms with Gasteiger partial charge in [0, 0.05) is 28.9 Å². The Labute approximate surface area is 232 Å². The summed E-state index contributed by atoms with van der Waals surface area (Å²) in [6, 6.07) is 3.61. The Bertz CT molecular complexity index is 1560. The number of fused-ring (bicyclic) bond motifs is 2. The largest absolute Gasteiger partial charge is 0.355 e. The van der Waals surface area contributed by atoms with Gasteiger partial charge in [-0.25, -0.2) is 24.3 Å². The molecule has 2 aliphatic rings. The molecular formula is C26H27ClFN7OS2. The minimum atomic E-state index is -1.56. The number of benzene rings is 1. The van der Waals surface area contributed by atoms with Crippen molar-refractivity contribution < 1.29 is 4.39 Å². The fraction of sp³-hybridized carbons (Fsp3) is 0.423. The number of aromatic nitrogens is 5. The summed E-state index contributed by atoms with van der Waals surface area (Å²) in [6.07, 6.45) is 7.81. The lowest BCUT2D eigenvalue weighted by atomic mass is 9.74. The van der Waals surface area contributed by atoms with Crippen LogP contribution < -0.4 is 16.2 Å². The summed E-state index contributed by atoms with van der Waals surface area (Å²) in [6.45, 7) is 4.47. The lowest BCUT2D eigenvalue weighted by Gasteiger charge is -2.42. The molecule has 3 aromatic heterocycles. The van der Waals surface area contributed by atoms with Gasteiger partial charge in [0.05, 0.1) is 52.4 Å². The number of nitrogens with two attached hydrogens (primary N) is 1. The highest BCUT2D eigenvalue weighted by molar-refractivity contribution is 7.99. The molecule has 0 unspecified atom stereocenters. The Morgan fingerprint density at radius 1 is 1.21 bits per heavy atom.